The number of anilines is 2. The summed E-state index contributed by atoms with van der Waals surface area (Å²) in [4.78, 5) is 38.2. The summed E-state index contributed by atoms with van der Waals surface area (Å²) in [5.74, 6) is -0.885. The number of ether oxygens (including phenoxy) is 1. The van der Waals surface area contributed by atoms with Crippen LogP contribution in [-0.2, 0) is 9.59 Å². The predicted octanol–water partition coefficient (Wildman–Crippen LogP) is 5.27. The van der Waals surface area contributed by atoms with Crippen molar-refractivity contribution < 1.29 is 19.4 Å². The van der Waals surface area contributed by atoms with Gasteiger partial charge in [0, 0.05) is 25.3 Å². The van der Waals surface area contributed by atoms with Crippen LogP contribution in [0.2, 0.25) is 0 Å². The Morgan fingerprint density at radius 3 is 2.32 bits per heavy atom. The Kier molecular flexibility index (Phi) is 6.40. The van der Waals surface area contributed by atoms with Crippen LogP contribution in [0, 0.1) is 13.8 Å². The number of Topliss-reactive ketones (excluding diaryl/α,β-unsaturated/α-hetero) is 1. The number of benzene rings is 3. The normalized spacial score (nSPS) is 16.9. The largest absolute Gasteiger partial charge is 0.507 e. The number of aliphatic hydroxyl groups excluding tert-OH is 1. The van der Waals surface area contributed by atoms with Gasteiger partial charge in [-0.1, -0.05) is 12.1 Å². The van der Waals surface area contributed by atoms with Gasteiger partial charge in [-0.05, 0) is 86.0 Å². The highest BCUT2D eigenvalue weighted by atomic mass is 16.5. The van der Waals surface area contributed by atoms with Gasteiger partial charge in [-0.3, -0.25) is 14.5 Å². The number of aliphatic hydroxyl groups is 1. The van der Waals surface area contributed by atoms with Crippen LogP contribution in [0.15, 0.2) is 66.2 Å². The number of nitrogens with zero attached hydrogens (tertiary/aromatic N) is 3. The highest BCUT2D eigenvalue weighted by Crippen LogP contribution is 2.42. The van der Waals surface area contributed by atoms with Crippen LogP contribution < -0.4 is 14.5 Å². The minimum Gasteiger partial charge on any atom is -0.507 e. The van der Waals surface area contributed by atoms with Crippen LogP contribution in [0.25, 0.3) is 16.8 Å². The third kappa shape index (κ3) is 4.28. The van der Waals surface area contributed by atoms with Gasteiger partial charge in [0.1, 0.15) is 11.5 Å². The Bertz CT molecular complexity index is 1530. The molecule has 2 N–H and O–H groups in total. The molecular weight excluding hydrogens is 480 g/mol. The molecule has 0 bridgehead atoms. The minimum absolute atomic E-state index is 0.00424. The van der Waals surface area contributed by atoms with Crippen LogP contribution >= 0.6 is 0 Å². The number of nitrogens with one attached hydrogen (secondary N) is 1. The lowest BCUT2D eigenvalue weighted by molar-refractivity contribution is -0.132. The maximum absolute atomic E-state index is 13.5. The Morgan fingerprint density at radius 1 is 1.03 bits per heavy atom. The summed E-state index contributed by atoms with van der Waals surface area (Å²) in [6, 6.07) is 17.4. The van der Waals surface area contributed by atoms with Crippen LogP contribution in [0.3, 0.4) is 0 Å². The van der Waals surface area contributed by atoms with Crippen molar-refractivity contribution in [1.82, 2.24) is 9.97 Å². The smallest absolute Gasteiger partial charge is 0.302 e. The highest BCUT2D eigenvalue weighted by Gasteiger charge is 2.48. The predicted molar refractivity (Wildman–Crippen MR) is 149 cm³/mol. The van der Waals surface area contributed by atoms with E-state index in [1.165, 1.54) is 4.90 Å². The van der Waals surface area contributed by atoms with E-state index in [1.807, 2.05) is 76.2 Å². The average Bonchev–Trinajstić information content (AvgIpc) is 3.42. The Hall–Kier alpha value is -4.59. The van der Waals surface area contributed by atoms with Crippen molar-refractivity contribution in [1.29, 1.82) is 0 Å². The summed E-state index contributed by atoms with van der Waals surface area (Å²) in [5, 5.41) is 11.4. The second-order valence-electron chi connectivity index (χ2n) is 9.63. The number of imidazole rings is 1. The fraction of sp³-hybridized carbons (Fsp3) is 0.233. The number of hydrogen-bond acceptors (Lipinski definition) is 6. The van der Waals surface area contributed by atoms with E-state index in [0.717, 1.165) is 22.3 Å². The molecule has 1 aromatic heterocycles. The number of amides is 1. The molecule has 1 aliphatic heterocycles. The molecule has 0 saturated carbocycles. The van der Waals surface area contributed by atoms with Crippen molar-refractivity contribution in [3.63, 3.8) is 0 Å². The van der Waals surface area contributed by atoms with Gasteiger partial charge in [0.15, 0.2) is 0 Å². The van der Waals surface area contributed by atoms with Gasteiger partial charge in [-0.25, -0.2) is 4.98 Å². The molecule has 0 radical (unpaired) electrons. The fourth-order valence-corrected chi connectivity index (χ4v) is 4.72. The van der Waals surface area contributed by atoms with Crippen LogP contribution in [0.1, 0.15) is 35.2 Å². The molecule has 2 heterocycles. The van der Waals surface area contributed by atoms with Gasteiger partial charge < -0.3 is 19.7 Å². The van der Waals surface area contributed by atoms with E-state index in [2.05, 4.69) is 9.97 Å². The van der Waals surface area contributed by atoms with Gasteiger partial charge >= 0.3 is 5.91 Å². The zero-order valence-corrected chi connectivity index (χ0v) is 22.1. The van der Waals surface area contributed by atoms with E-state index in [9.17, 15) is 14.7 Å². The minimum atomic E-state index is -0.875. The molecule has 1 unspecified atom stereocenters. The monoisotopic (exact) mass is 510 g/mol. The number of ketones is 1. The van der Waals surface area contributed by atoms with E-state index in [4.69, 9.17) is 4.74 Å². The summed E-state index contributed by atoms with van der Waals surface area (Å²) in [6.45, 7) is 6.40. The van der Waals surface area contributed by atoms with E-state index in [-0.39, 0.29) is 17.3 Å². The summed E-state index contributed by atoms with van der Waals surface area (Å²) in [5.41, 5.74) is 5.67. The quantitative estimate of drug-likeness (QED) is 0.208. The van der Waals surface area contributed by atoms with Gasteiger partial charge in [-0.2, -0.15) is 0 Å². The molecule has 8 nitrogen and oxygen atoms in total. The number of carbonyl (C=O) groups is 2. The molecule has 1 fully saturated rings. The molecule has 194 valence electrons. The molecule has 3 aromatic carbocycles. The summed E-state index contributed by atoms with van der Waals surface area (Å²) in [7, 11) is 3.87. The zero-order chi connectivity index (χ0) is 27.1. The molecule has 8 heteroatoms. The molecule has 1 amide bonds. The maximum atomic E-state index is 13.5. The number of aryl methyl sites for hydroxylation is 2. The summed E-state index contributed by atoms with van der Waals surface area (Å²) in [6.07, 6.45) is 0. The molecule has 5 rings (SSSR count). The Morgan fingerprint density at radius 2 is 1.68 bits per heavy atom. The van der Waals surface area contributed by atoms with Gasteiger partial charge in [0.2, 0.25) is 5.95 Å². The number of aromatic nitrogens is 2. The SMILES string of the molecule is CCOc1ccc(/C(O)=C2\C(=O)C(=O)N(c3nc4cc(C)c(C)cc4[nH]3)C2c2ccc(N(C)C)cc2)cc1. The first-order chi connectivity index (χ1) is 18.2. The molecule has 1 saturated heterocycles. The number of carbonyl (C=O) groups excluding carboxylic acids is 2. The number of fused-ring (bicyclic) bond motifs is 1. The van der Waals surface area contributed by atoms with Crippen LogP contribution in [0.5, 0.6) is 5.75 Å². The lowest BCUT2D eigenvalue weighted by Gasteiger charge is -2.23. The first kappa shape index (κ1) is 25.1. The van der Waals surface area contributed by atoms with Crippen LogP contribution in [0.4, 0.5) is 11.6 Å². The maximum Gasteiger partial charge on any atom is 0.302 e. The van der Waals surface area contributed by atoms with Crippen molar-refractivity contribution in [2.24, 2.45) is 0 Å². The third-order valence-corrected chi connectivity index (χ3v) is 6.92. The van der Waals surface area contributed by atoms with Crippen molar-refractivity contribution in [3.05, 3.63) is 88.5 Å². The number of rotatable bonds is 6. The fourth-order valence-electron chi connectivity index (χ4n) is 4.72. The Balaban J connectivity index is 1.68. The standard InChI is InChI=1S/C30H30N4O4/c1-6-38-22-13-9-20(10-14-22)27(35)25-26(19-7-11-21(12-8-19)33(4)5)34(29(37)28(25)36)30-31-23-15-17(2)18(3)16-24(23)32-30/h7-16,26,35H,6H2,1-5H3,(H,31,32)/b27-25+. The zero-order valence-electron chi connectivity index (χ0n) is 22.1. The second kappa shape index (κ2) is 9.70. The molecule has 4 aromatic rings. The van der Waals surface area contributed by atoms with E-state index in [0.29, 0.717) is 29.0 Å². The van der Waals surface area contributed by atoms with E-state index >= 15 is 0 Å². The van der Waals surface area contributed by atoms with Crippen molar-refractivity contribution in [2.45, 2.75) is 26.8 Å². The summed E-state index contributed by atoms with van der Waals surface area (Å²) >= 11 is 0. The van der Waals surface area contributed by atoms with Crippen molar-refractivity contribution in [3.8, 4) is 5.75 Å². The highest BCUT2D eigenvalue weighted by molar-refractivity contribution is 6.51. The number of aromatic amines is 1. The van der Waals surface area contributed by atoms with Gasteiger partial charge in [-0.15, -0.1) is 0 Å². The topological polar surface area (TPSA) is 98.8 Å². The number of H-pyrrole nitrogens is 1. The van der Waals surface area contributed by atoms with Gasteiger partial charge in [0.25, 0.3) is 5.78 Å². The van der Waals surface area contributed by atoms with E-state index in [1.54, 1.807) is 24.3 Å². The Labute approximate surface area is 221 Å². The lowest BCUT2D eigenvalue weighted by Crippen LogP contribution is -2.30. The van der Waals surface area contributed by atoms with Crippen molar-refractivity contribution in [2.75, 3.05) is 30.5 Å². The molecular formula is C30H30N4O4. The third-order valence-electron chi connectivity index (χ3n) is 6.92. The lowest BCUT2D eigenvalue weighted by atomic mass is 9.95. The molecule has 0 aliphatic carbocycles. The average molecular weight is 511 g/mol. The van der Waals surface area contributed by atoms with Gasteiger partial charge in [0.05, 0.1) is 29.3 Å². The molecule has 1 aliphatic rings. The van der Waals surface area contributed by atoms with E-state index < -0.39 is 17.7 Å². The first-order valence-electron chi connectivity index (χ1n) is 12.5. The molecule has 38 heavy (non-hydrogen) atoms. The number of hydrogen-bond donors (Lipinski definition) is 2. The van der Waals surface area contributed by atoms with Crippen LogP contribution in [-0.4, -0.2) is 47.5 Å². The van der Waals surface area contributed by atoms with Crippen molar-refractivity contribution >= 4 is 40.1 Å². The molecule has 1 atom stereocenters. The molecule has 0 spiro atoms. The second-order valence-corrected chi connectivity index (χ2v) is 9.63. The summed E-state index contributed by atoms with van der Waals surface area (Å²) < 4.78 is 5.50. The first-order valence-corrected chi connectivity index (χ1v) is 12.5.